The maximum absolute atomic E-state index is 9.98. The fourth-order valence-corrected chi connectivity index (χ4v) is 4.88. The van der Waals surface area contributed by atoms with Crippen LogP contribution in [0.25, 0.3) is 0 Å². The zero-order valence-corrected chi connectivity index (χ0v) is 17.8. The third-order valence-corrected chi connectivity index (χ3v) is 6.44. The zero-order valence-electron chi connectivity index (χ0n) is 17.8. The van der Waals surface area contributed by atoms with Crippen molar-refractivity contribution in [1.29, 1.82) is 0 Å². The first-order chi connectivity index (χ1) is 14.6. The van der Waals surface area contributed by atoms with Crippen LogP contribution < -0.4 is 0 Å². The molecule has 1 N–H and O–H groups in total. The Bertz CT molecular complexity index is 687. The lowest BCUT2D eigenvalue weighted by Gasteiger charge is -2.60. The van der Waals surface area contributed by atoms with Crippen LogP contribution in [0.4, 0.5) is 0 Å². The van der Waals surface area contributed by atoms with Gasteiger partial charge in [0.15, 0.2) is 6.29 Å². The van der Waals surface area contributed by atoms with Crippen LogP contribution in [0.1, 0.15) is 31.2 Å². The van der Waals surface area contributed by atoms with Gasteiger partial charge in [0.25, 0.3) is 0 Å². The average Bonchev–Trinajstić information content (AvgIpc) is 2.81. The maximum atomic E-state index is 9.98. The SMILES string of the molecule is CO[C@H]1O[C@H](CO)[C@H]2O[C@@]3(OC)CCCC[C@]3(OC)O[C@@H]2[C@@H]1OCc1ccccc1. The summed E-state index contributed by atoms with van der Waals surface area (Å²) in [7, 11) is 4.76. The Labute approximate surface area is 177 Å². The van der Waals surface area contributed by atoms with Gasteiger partial charge in [-0.15, -0.1) is 0 Å². The lowest BCUT2D eigenvalue weighted by molar-refractivity contribution is -0.497. The van der Waals surface area contributed by atoms with Gasteiger partial charge in [-0.05, 0) is 18.4 Å². The van der Waals surface area contributed by atoms with Crippen molar-refractivity contribution in [1.82, 2.24) is 0 Å². The highest BCUT2D eigenvalue weighted by molar-refractivity contribution is 5.13. The molecule has 0 unspecified atom stereocenters. The minimum absolute atomic E-state index is 0.241. The van der Waals surface area contributed by atoms with Crippen molar-refractivity contribution >= 4 is 0 Å². The lowest BCUT2D eigenvalue weighted by atomic mass is 9.83. The standard InChI is InChI=1S/C22H32O8/c1-24-20-19(27-14-15-9-5-4-6-10-15)18-17(16(13-23)28-20)29-21(25-2)11-7-8-12-22(21,26-3)30-18/h4-6,9-10,16-20,23H,7-8,11-14H2,1-3H3/t16-,17-,18+,19+,20+,21+,22+/m1/s1. The number of aliphatic hydroxyl groups is 1. The van der Waals surface area contributed by atoms with Gasteiger partial charge in [-0.3, -0.25) is 0 Å². The maximum Gasteiger partial charge on any atom is 0.223 e. The van der Waals surface area contributed by atoms with E-state index in [1.165, 1.54) is 0 Å². The topological polar surface area (TPSA) is 84.8 Å². The molecule has 30 heavy (non-hydrogen) atoms. The Hall–Kier alpha value is -1.10. The van der Waals surface area contributed by atoms with E-state index >= 15 is 0 Å². The second-order valence-corrected chi connectivity index (χ2v) is 8.01. The first-order valence-electron chi connectivity index (χ1n) is 10.5. The molecular formula is C22H32O8. The first-order valence-corrected chi connectivity index (χ1v) is 10.5. The van der Waals surface area contributed by atoms with E-state index in [1.807, 2.05) is 30.3 Å². The molecule has 8 heteroatoms. The predicted octanol–water partition coefficient (Wildman–Crippen LogP) is 1.98. The molecule has 2 saturated heterocycles. The van der Waals surface area contributed by atoms with E-state index in [9.17, 15) is 5.11 Å². The molecule has 0 radical (unpaired) electrons. The molecule has 0 bridgehead atoms. The van der Waals surface area contributed by atoms with Crippen LogP contribution in [0.2, 0.25) is 0 Å². The highest BCUT2D eigenvalue weighted by atomic mass is 16.8. The van der Waals surface area contributed by atoms with E-state index in [0.29, 0.717) is 19.4 Å². The van der Waals surface area contributed by atoms with Gasteiger partial charge >= 0.3 is 0 Å². The summed E-state index contributed by atoms with van der Waals surface area (Å²) in [6.45, 7) is 0.121. The number of aliphatic hydroxyl groups excluding tert-OH is 1. The molecule has 2 aliphatic heterocycles. The molecule has 8 nitrogen and oxygen atoms in total. The van der Waals surface area contributed by atoms with Gasteiger partial charge in [-0.2, -0.15) is 0 Å². The molecule has 2 heterocycles. The smallest absolute Gasteiger partial charge is 0.223 e. The van der Waals surface area contributed by atoms with Crippen LogP contribution in [0.3, 0.4) is 0 Å². The van der Waals surface area contributed by atoms with Gasteiger partial charge in [-0.1, -0.05) is 30.3 Å². The summed E-state index contributed by atoms with van der Waals surface area (Å²) < 4.78 is 42.7. The van der Waals surface area contributed by atoms with Gasteiger partial charge < -0.3 is 38.3 Å². The van der Waals surface area contributed by atoms with Gasteiger partial charge in [-0.25, -0.2) is 0 Å². The summed E-state index contributed by atoms with van der Waals surface area (Å²) in [5, 5.41) is 9.98. The molecular weight excluding hydrogens is 392 g/mol. The quantitative estimate of drug-likeness (QED) is 0.711. The molecule has 1 aromatic rings. The Balaban J connectivity index is 1.64. The van der Waals surface area contributed by atoms with Gasteiger partial charge in [0, 0.05) is 34.2 Å². The van der Waals surface area contributed by atoms with Gasteiger partial charge in [0.1, 0.15) is 24.4 Å². The minimum Gasteiger partial charge on any atom is -0.394 e. The van der Waals surface area contributed by atoms with E-state index in [1.54, 1.807) is 21.3 Å². The van der Waals surface area contributed by atoms with Gasteiger partial charge in [0.05, 0.1) is 13.2 Å². The Kier molecular flexibility index (Phi) is 6.76. The van der Waals surface area contributed by atoms with Crippen molar-refractivity contribution < 1.29 is 38.3 Å². The van der Waals surface area contributed by atoms with E-state index < -0.39 is 42.3 Å². The number of rotatable bonds is 7. The number of hydrogen-bond acceptors (Lipinski definition) is 8. The number of benzene rings is 1. The van der Waals surface area contributed by atoms with Crippen molar-refractivity contribution in [2.45, 2.75) is 74.6 Å². The average molecular weight is 424 g/mol. The summed E-state index contributed by atoms with van der Waals surface area (Å²) in [4.78, 5) is 0. The van der Waals surface area contributed by atoms with E-state index in [4.69, 9.17) is 33.2 Å². The summed E-state index contributed by atoms with van der Waals surface area (Å²) in [6, 6.07) is 9.87. The lowest BCUT2D eigenvalue weighted by Crippen LogP contribution is -2.75. The molecule has 7 atom stereocenters. The first kappa shape index (κ1) is 22.1. The summed E-state index contributed by atoms with van der Waals surface area (Å²) >= 11 is 0. The zero-order chi connectivity index (χ0) is 21.2. The van der Waals surface area contributed by atoms with Crippen molar-refractivity contribution in [2.24, 2.45) is 0 Å². The van der Waals surface area contributed by atoms with Crippen molar-refractivity contribution in [3.8, 4) is 0 Å². The molecule has 1 saturated carbocycles. The number of hydrogen-bond donors (Lipinski definition) is 1. The normalized spacial score (nSPS) is 41.1. The van der Waals surface area contributed by atoms with Crippen LogP contribution in [-0.2, 0) is 39.8 Å². The van der Waals surface area contributed by atoms with Crippen LogP contribution in [0, 0.1) is 0 Å². The molecule has 0 amide bonds. The second-order valence-electron chi connectivity index (χ2n) is 8.01. The van der Waals surface area contributed by atoms with E-state index in [2.05, 4.69) is 0 Å². The number of ether oxygens (including phenoxy) is 7. The van der Waals surface area contributed by atoms with Gasteiger partial charge in [0.2, 0.25) is 11.6 Å². The molecule has 3 fully saturated rings. The summed E-state index contributed by atoms with van der Waals surface area (Å²) in [5.74, 6) is -2.13. The van der Waals surface area contributed by atoms with Crippen LogP contribution in [0.15, 0.2) is 30.3 Å². The Morgan fingerprint density at radius 3 is 2.17 bits per heavy atom. The molecule has 1 aliphatic carbocycles. The molecule has 168 valence electrons. The number of methoxy groups -OCH3 is 3. The third-order valence-electron chi connectivity index (χ3n) is 6.44. The third kappa shape index (κ3) is 3.69. The Morgan fingerprint density at radius 2 is 1.60 bits per heavy atom. The van der Waals surface area contributed by atoms with Crippen LogP contribution in [0.5, 0.6) is 0 Å². The largest absolute Gasteiger partial charge is 0.394 e. The second kappa shape index (κ2) is 9.18. The molecule has 1 aromatic carbocycles. The van der Waals surface area contributed by atoms with Crippen LogP contribution in [-0.4, -0.2) is 75.3 Å². The summed E-state index contributed by atoms with van der Waals surface area (Å²) in [5.41, 5.74) is 1.02. The number of fused-ring (bicyclic) bond motifs is 2. The molecule has 0 spiro atoms. The summed E-state index contributed by atoms with van der Waals surface area (Å²) in [6.07, 6.45) is 0.0303. The minimum atomic E-state index is -1.07. The highest BCUT2D eigenvalue weighted by Gasteiger charge is 2.67. The van der Waals surface area contributed by atoms with E-state index in [0.717, 1.165) is 18.4 Å². The molecule has 4 rings (SSSR count). The monoisotopic (exact) mass is 424 g/mol. The van der Waals surface area contributed by atoms with Crippen molar-refractivity contribution in [3.63, 3.8) is 0 Å². The molecule has 3 aliphatic rings. The predicted molar refractivity (Wildman–Crippen MR) is 105 cm³/mol. The van der Waals surface area contributed by atoms with Crippen LogP contribution >= 0.6 is 0 Å². The molecule has 0 aromatic heterocycles. The fraction of sp³-hybridized carbons (Fsp3) is 0.727. The van der Waals surface area contributed by atoms with Crippen molar-refractivity contribution in [2.75, 3.05) is 27.9 Å². The highest BCUT2D eigenvalue weighted by Crippen LogP contribution is 2.51. The van der Waals surface area contributed by atoms with E-state index in [-0.39, 0.29) is 6.61 Å². The fourth-order valence-electron chi connectivity index (χ4n) is 4.88. The Morgan fingerprint density at radius 1 is 0.967 bits per heavy atom. The van der Waals surface area contributed by atoms with Crippen molar-refractivity contribution in [3.05, 3.63) is 35.9 Å².